The number of aromatic nitrogens is 2. The second kappa shape index (κ2) is 10.9. The van der Waals surface area contributed by atoms with Crippen molar-refractivity contribution in [1.29, 1.82) is 0 Å². The molecule has 11 nitrogen and oxygen atoms in total. The fraction of sp³-hybridized carbons (Fsp3) is 0.429. The van der Waals surface area contributed by atoms with Crippen LogP contribution in [0.4, 0.5) is 15.4 Å². The molecule has 3 amide bonds. The third kappa shape index (κ3) is 6.78. The Kier molecular flexibility index (Phi) is 8.04. The molecular formula is C21H27N5O6S. The maximum Gasteiger partial charge on any atom is 0.413 e. The minimum absolute atomic E-state index is 0.0113. The molecule has 1 fully saturated rings. The number of carbonyl (C=O) groups is 2. The number of methoxy groups -OCH3 is 1. The number of urea groups is 1. The minimum Gasteiger partial charge on any atom is -0.480 e. The number of hydrogen-bond acceptors (Lipinski definition) is 7. The molecule has 0 spiro atoms. The van der Waals surface area contributed by atoms with Crippen molar-refractivity contribution in [2.75, 3.05) is 18.6 Å². The number of nitrogens with zero attached hydrogens (tertiary/aromatic N) is 3. The molecule has 2 aromatic rings. The van der Waals surface area contributed by atoms with Crippen LogP contribution in [-0.2, 0) is 16.4 Å². The monoisotopic (exact) mass is 477 g/mol. The molecule has 1 aliphatic carbocycles. The highest BCUT2D eigenvalue weighted by atomic mass is 32.2. The number of benzene rings is 1. The van der Waals surface area contributed by atoms with E-state index in [4.69, 9.17) is 4.74 Å². The van der Waals surface area contributed by atoms with Crippen molar-refractivity contribution in [2.24, 2.45) is 0 Å². The maximum atomic E-state index is 12.5. The smallest absolute Gasteiger partial charge is 0.413 e. The van der Waals surface area contributed by atoms with Gasteiger partial charge in [0.25, 0.3) is 10.0 Å². The van der Waals surface area contributed by atoms with E-state index in [1.165, 1.54) is 31.6 Å². The summed E-state index contributed by atoms with van der Waals surface area (Å²) < 4.78 is 32.0. The largest absolute Gasteiger partial charge is 0.480 e. The Hall–Kier alpha value is -3.41. The van der Waals surface area contributed by atoms with E-state index >= 15 is 0 Å². The lowest BCUT2D eigenvalue weighted by Gasteiger charge is -2.22. The van der Waals surface area contributed by atoms with Crippen molar-refractivity contribution in [2.45, 2.75) is 49.5 Å². The predicted molar refractivity (Wildman–Crippen MR) is 120 cm³/mol. The normalized spacial score (nSPS) is 14.3. The lowest BCUT2D eigenvalue weighted by atomic mass is 9.96. The molecule has 1 aromatic carbocycles. The van der Waals surface area contributed by atoms with E-state index in [-0.39, 0.29) is 29.2 Å². The molecule has 1 aliphatic rings. The first-order valence-corrected chi connectivity index (χ1v) is 12.1. The van der Waals surface area contributed by atoms with Crippen molar-refractivity contribution in [3.05, 3.63) is 42.2 Å². The first kappa shape index (κ1) is 24.2. The number of anilines is 1. The van der Waals surface area contributed by atoms with Gasteiger partial charge in [0.2, 0.25) is 5.88 Å². The fourth-order valence-electron chi connectivity index (χ4n) is 3.59. The standard InChI is InChI=1S/C21H27N5O6S/c1-32-19-14-22-13-18(24-19)26(21(28)29)12-11-15-7-9-17(10-8-15)33(30,31)25-20(27)23-16-5-3-2-4-6-16/h7-10,13-14,16H,2-6,11-12H2,1H3,(H,28,29)(H2,23,25,27). The Labute approximate surface area is 192 Å². The molecule has 33 heavy (non-hydrogen) atoms. The first-order chi connectivity index (χ1) is 15.8. The summed E-state index contributed by atoms with van der Waals surface area (Å²) in [5.41, 5.74) is 0.711. The van der Waals surface area contributed by atoms with Gasteiger partial charge in [-0.1, -0.05) is 31.4 Å². The summed E-state index contributed by atoms with van der Waals surface area (Å²) in [6.45, 7) is 0.0747. The second-order valence-corrected chi connectivity index (χ2v) is 9.34. The van der Waals surface area contributed by atoms with Crippen molar-refractivity contribution < 1.29 is 27.9 Å². The van der Waals surface area contributed by atoms with Crippen molar-refractivity contribution in [3.63, 3.8) is 0 Å². The molecule has 178 valence electrons. The van der Waals surface area contributed by atoms with Crippen LogP contribution in [0.2, 0.25) is 0 Å². The van der Waals surface area contributed by atoms with Gasteiger partial charge in [-0.05, 0) is 37.0 Å². The molecule has 1 heterocycles. The van der Waals surface area contributed by atoms with Crippen LogP contribution in [0.1, 0.15) is 37.7 Å². The molecule has 3 rings (SSSR count). The average molecular weight is 478 g/mol. The van der Waals surface area contributed by atoms with Gasteiger partial charge in [0, 0.05) is 12.6 Å². The van der Waals surface area contributed by atoms with E-state index in [0.717, 1.165) is 37.0 Å². The van der Waals surface area contributed by atoms with Crippen LogP contribution < -0.4 is 19.7 Å². The van der Waals surface area contributed by atoms with Crippen LogP contribution in [0.5, 0.6) is 5.88 Å². The van der Waals surface area contributed by atoms with E-state index < -0.39 is 22.1 Å². The highest BCUT2D eigenvalue weighted by Crippen LogP contribution is 2.18. The van der Waals surface area contributed by atoms with Crippen LogP contribution in [0, 0.1) is 0 Å². The molecule has 0 saturated heterocycles. The molecule has 3 N–H and O–H groups in total. The van der Waals surface area contributed by atoms with E-state index in [1.54, 1.807) is 12.1 Å². The van der Waals surface area contributed by atoms with Gasteiger partial charge in [0.1, 0.15) is 0 Å². The Bertz CT molecular complexity index is 1070. The molecule has 0 aliphatic heterocycles. The van der Waals surface area contributed by atoms with Gasteiger partial charge in [-0.15, -0.1) is 0 Å². The maximum absolute atomic E-state index is 12.5. The van der Waals surface area contributed by atoms with Gasteiger partial charge >= 0.3 is 12.1 Å². The molecule has 12 heteroatoms. The van der Waals surface area contributed by atoms with Crippen LogP contribution in [0.25, 0.3) is 0 Å². The predicted octanol–water partition coefficient (Wildman–Crippen LogP) is 2.53. The van der Waals surface area contributed by atoms with Crippen LogP contribution in [0.15, 0.2) is 41.6 Å². The Morgan fingerprint density at radius 2 is 1.85 bits per heavy atom. The molecule has 1 saturated carbocycles. The van der Waals surface area contributed by atoms with Crippen LogP contribution in [-0.4, -0.2) is 55.3 Å². The summed E-state index contributed by atoms with van der Waals surface area (Å²) in [5.74, 6) is 0.308. The highest BCUT2D eigenvalue weighted by Gasteiger charge is 2.21. The zero-order valence-corrected chi connectivity index (χ0v) is 19.0. The van der Waals surface area contributed by atoms with E-state index in [2.05, 4.69) is 15.3 Å². The van der Waals surface area contributed by atoms with Crippen LogP contribution in [0.3, 0.4) is 0 Å². The number of hydrogen-bond donors (Lipinski definition) is 3. The van der Waals surface area contributed by atoms with Gasteiger partial charge < -0.3 is 15.2 Å². The van der Waals surface area contributed by atoms with Crippen molar-refractivity contribution >= 4 is 28.0 Å². The van der Waals surface area contributed by atoms with Gasteiger partial charge in [0.15, 0.2) is 5.82 Å². The summed E-state index contributed by atoms with van der Waals surface area (Å²) in [6, 6.07) is 5.16. The topological polar surface area (TPSA) is 151 Å². The summed E-state index contributed by atoms with van der Waals surface area (Å²) >= 11 is 0. The van der Waals surface area contributed by atoms with Gasteiger partial charge in [-0.25, -0.2) is 22.7 Å². The SMILES string of the molecule is COc1cncc(N(CCc2ccc(S(=O)(=O)NC(=O)NC3CCCCC3)cc2)C(=O)O)n1. The molecule has 0 radical (unpaired) electrons. The van der Waals surface area contributed by atoms with Crippen molar-refractivity contribution in [1.82, 2.24) is 20.0 Å². The molecular weight excluding hydrogens is 450 g/mol. The summed E-state index contributed by atoms with van der Waals surface area (Å²) in [5, 5.41) is 12.2. The highest BCUT2D eigenvalue weighted by molar-refractivity contribution is 7.90. The number of ether oxygens (including phenoxy) is 1. The minimum atomic E-state index is -4.02. The average Bonchev–Trinajstić information content (AvgIpc) is 2.79. The van der Waals surface area contributed by atoms with E-state index in [0.29, 0.717) is 12.0 Å². The quantitative estimate of drug-likeness (QED) is 0.525. The lowest BCUT2D eigenvalue weighted by Crippen LogP contribution is -2.45. The van der Waals surface area contributed by atoms with Crippen molar-refractivity contribution in [3.8, 4) is 5.88 Å². The Morgan fingerprint density at radius 3 is 2.48 bits per heavy atom. The summed E-state index contributed by atoms with van der Waals surface area (Å²) in [7, 11) is -2.62. The summed E-state index contributed by atoms with van der Waals surface area (Å²) in [6.07, 6.45) is 6.63. The fourth-order valence-corrected chi connectivity index (χ4v) is 4.51. The zero-order valence-electron chi connectivity index (χ0n) is 18.2. The third-order valence-corrected chi connectivity index (χ3v) is 6.69. The number of carboxylic acid groups (broad SMARTS) is 1. The summed E-state index contributed by atoms with van der Waals surface area (Å²) in [4.78, 5) is 32.7. The van der Waals surface area contributed by atoms with E-state index in [9.17, 15) is 23.1 Å². The van der Waals surface area contributed by atoms with Gasteiger partial charge in [0.05, 0.1) is 24.4 Å². The van der Waals surface area contributed by atoms with Gasteiger partial charge in [-0.3, -0.25) is 9.88 Å². The Morgan fingerprint density at radius 1 is 1.15 bits per heavy atom. The number of rotatable bonds is 8. The lowest BCUT2D eigenvalue weighted by molar-refractivity contribution is 0.201. The molecule has 1 aromatic heterocycles. The van der Waals surface area contributed by atoms with Gasteiger partial charge in [-0.2, -0.15) is 4.98 Å². The Balaban J connectivity index is 1.60. The molecule has 0 atom stereocenters. The number of sulfonamides is 1. The number of amides is 3. The number of carbonyl (C=O) groups excluding carboxylic acids is 1. The van der Waals surface area contributed by atoms with E-state index in [1.807, 2.05) is 4.72 Å². The molecule has 0 unspecified atom stereocenters. The number of nitrogens with one attached hydrogen (secondary N) is 2. The zero-order chi connectivity index (χ0) is 23.8. The molecule has 0 bridgehead atoms. The van der Waals surface area contributed by atoms with Crippen LogP contribution >= 0.6 is 0 Å². The second-order valence-electron chi connectivity index (χ2n) is 7.66. The first-order valence-electron chi connectivity index (χ1n) is 10.6. The third-order valence-electron chi connectivity index (χ3n) is 5.34.